The van der Waals surface area contributed by atoms with Gasteiger partial charge in [-0.15, -0.1) is 6.42 Å². The minimum atomic E-state index is -0.613. The topological polar surface area (TPSA) is 46.2 Å². The number of nitrogens with one attached hydrogen (secondary N) is 1. The first-order chi connectivity index (χ1) is 6.24. The number of carbonyl (C=O) groups excluding carboxylic acids is 2. The van der Waals surface area contributed by atoms with Crippen molar-refractivity contribution in [1.82, 2.24) is 0 Å². The lowest BCUT2D eigenvalue weighted by Crippen LogP contribution is -2.12. The fourth-order valence-electron chi connectivity index (χ4n) is 1.31. The van der Waals surface area contributed by atoms with Crippen LogP contribution in [0.1, 0.15) is 15.9 Å². The summed E-state index contributed by atoms with van der Waals surface area (Å²) in [5, 5.41) is 2.44. The van der Waals surface area contributed by atoms with Crippen LogP contribution in [0, 0.1) is 12.3 Å². The summed E-state index contributed by atoms with van der Waals surface area (Å²) in [7, 11) is 0. The zero-order valence-electron chi connectivity index (χ0n) is 6.63. The van der Waals surface area contributed by atoms with Crippen LogP contribution in [-0.4, -0.2) is 11.7 Å². The van der Waals surface area contributed by atoms with Crippen molar-refractivity contribution < 1.29 is 9.59 Å². The molecular weight excluding hydrogens is 166 g/mol. The molecule has 1 aromatic carbocycles. The van der Waals surface area contributed by atoms with Gasteiger partial charge in [0.25, 0.3) is 11.7 Å². The first-order valence-electron chi connectivity index (χ1n) is 3.69. The molecule has 1 aliphatic rings. The number of fused-ring (bicyclic) bond motifs is 1. The lowest BCUT2D eigenvalue weighted by atomic mass is 10.0. The predicted molar refractivity (Wildman–Crippen MR) is 47.3 cm³/mol. The molecule has 0 radical (unpaired) electrons. The van der Waals surface area contributed by atoms with Crippen LogP contribution in [-0.2, 0) is 4.79 Å². The van der Waals surface area contributed by atoms with Crippen molar-refractivity contribution >= 4 is 17.4 Å². The van der Waals surface area contributed by atoms with Crippen molar-refractivity contribution in [2.45, 2.75) is 0 Å². The molecule has 62 valence electrons. The summed E-state index contributed by atoms with van der Waals surface area (Å²) in [6.07, 6.45) is 5.19. The Morgan fingerprint density at radius 2 is 2.08 bits per heavy atom. The number of anilines is 1. The Labute approximate surface area is 74.8 Å². The van der Waals surface area contributed by atoms with Gasteiger partial charge < -0.3 is 5.32 Å². The predicted octanol–water partition coefficient (Wildman–Crippen LogP) is 0.803. The highest BCUT2D eigenvalue weighted by Gasteiger charge is 2.29. The summed E-state index contributed by atoms with van der Waals surface area (Å²) in [5.74, 6) is 1.20. The summed E-state index contributed by atoms with van der Waals surface area (Å²) in [5.41, 5.74) is 1.28. The van der Waals surface area contributed by atoms with Gasteiger partial charge in [0.2, 0.25) is 0 Å². The second kappa shape index (κ2) is 2.46. The first kappa shape index (κ1) is 7.56. The van der Waals surface area contributed by atoms with Crippen molar-refractivity contribution in [2.24, 2.45) is 0 Å². The van der Waals surface area contributed by atoms with Gasteiger partial charge in [-0.05, 0) is 12.1 Å². The zero-order valence-corrected chi connectivity index (χ0v) is 6.63. The van der Waals surface area contributed by atoms with Gasteiger partial charge in [0, 0.05) is 5.56 Å². The van der Waals surface area contributed by atoms with E-state index in [0.717, 1.165) is 0 Å². The second-order valence-corrected chi connectivity index (χ2v) is 2.66. The maximum absolute atomic E-state index is 11.3. The molecular formula is C10H5NO2. The van der Waals surface area contributed by atoms with Crippen molar-refractivity contribution in [3.05, 3.63) is 29.3 Å². The van der Waals surface area contributed by atoms with Crippen LogP contribution >= 0.6 is 0 Å². The Bertz CT molecular complexity index is 454. The van der Waals surface area contributed by atoms with E-state index in [1.807, 2.05) is 0 Å². The second-order valence-electron chi connectivity index (χ2n) is 2.66. The highest BCUT2D eigenvalue weighted by Crippen LogP contribution is 2.25. The molecule has 0 saturated heterocycles. The summed E-state index contributed by atoms with van der Waals surface area (Å²) in [6.45, 7) is 0. The molecule has 0 unspecified atom stereocenters. The van der Waals surface area contributed by atoms with Crippen molar-refractivity contribution in [3.8, 4) is 12.3 Å². The monoisotopic (exact) mass is 171 g/mol. The summed E-state index contributed by atoms with van der Waals surface area (Å²) in [4.78, 5) is 22.2. The van der Waals surface area contributed by atoms with Gasteiger partial charge in [-0.1, -0.05) is 12.0 Å². The van der Waals surface area contributed by atoms with Gasteiger partial charge in [-0.2, -0.15) is 0 Å². The molecule has 1 heterocycles. The fraction of sp³-hybridized carbons (Fsp3) is 0. The third-order valence-corrected chi connectivity index (χ3v) is 1.90. The van der Waals surface area contributed by atoms with E-state index in [-0.39, 0.29) is 0 Å². The van der Waals surface area contributed by atoms with E-state index in [9.17, 15) is 9.59 Å². The molecule has 0 atom stereocenters. The molecule has 1 amide bonds. The maximum Gasteiger partial charge on any atom is 0.296 e. The van der Waals surface area contributed by atoms with E-state index in [1.165, 1.54) is 0 Å². The maximum atomic E-state index is 11.3. The molecule has 0 aliphatic carbocycles. The molecule has 1 N–H and O–H groups in total. The Hall–Kier alpha value is -2.08. The third kappa shape index (κ3) is 0.926. The van der Waals surface area contributed by atoms with Crippen LogP contribution in [0.3, 0.4) is 0 Å². The van der Waals surface area contributed by atoms with Gasteiger partial charge in [0.1, 0.15) is 0 Å². The van der Waals surface area contributed by atoms with Crippen LogP contribution < -0.4 is 5.32 Å². The average molecular weight is 171 g/mol. The van der Waals surface area contributed by atoms with E-state index in [1.54, 1.807) is 18.2 Å². The zero-order chi connectivity index (χ0) is 9.42. The number of terminal acetylenes is 1. The van der Waals surface area contributed by atoms with Gasteiger partial charge in [0.05, 0.1) is 11.3 Å². The van der Waals surface area contributed by atoms with Gasteiger partial charge >= 0.3 is 0 Å². The molecule has 13 heavy (non-hydrogen) atoms. The number of rotatable bonds is 0. The lowest BCUT2D eigenvalue weighted by molar-refractivity contribution is -0.112. The highest BCUT2D eigenvalue weighted by atomic mass is 16.2. The molecule has 3 nitrogen and oxygen atoms in total. The lowest BCUT2D eigenvalue weighted by Gasteiger charge is -1.97. The van der Waals surface area contributed by atoms with Crippen molar-refractivity contribution in [1.29, 1.82) is 0 Å². The Morgan fingerprint density at radius 3 is 2.77 bits per heavy atom. The molecule has 0 aromatic heterocycles. The van der Waals surface area contributed by atoms with Gasteiger partial charge in [-0.3, -0.25) is 9.59 Å². The molecule has 2 rings (SSSR count). The van der Waals surface area contributed by atoms with E-state index >= 15 is 0 Å². The molecule has 0 fully saturated rings. The van der Waals surface area contributed by atoms with Gasteiger partial charge in [0.15, 0.2) is 0 Å². The smallest absolute Gasteiger partial charge is 0.296 e. The number of ketones is 1. The number of benzene rings is 1. The first-order valence-corrected chi connectivity index (χ1v) is 3.69. The van der Waals surface area contributed by atoms with Crippen molar-refractivity contribution in [2.75, 3.05) is 5.32 Å². The molecule has 0 bridgehead atoms. The SMILES string of the molecule is C#Cc1cccc2c1C(=O)C(=O)N2. The molecule has 1 aromatic rings. The van der Waals surface area contributed by atoms with Crippen LogP contribution in [0.5, 0.6) is 0 Å². The normalized spacial score (nSPS) is 13.5. The highest BCUT2D eigenvalue weighted by molar-refractivity contribution is 6.52. The van der Waals surface area contributed by atoms with Crippen LogP contribution in [0.4, 0.5) is 5.69 Å². The Kier molecular flexibility index (Phi) is 1.43. The number of carbonyl (C=O) groups is 2. The van der Waals surface area contributed by atoms with E-state index in [2.05, 4.69) is 11.2 Å². The molecule has 0 spiro atoms. The number of hydrogen-bond donors (Lipinski definition) is 1. The number of amides is 1. The summed E-state index contributed by atoms with van der Waals surface area (Å²) < 4.78 is 0. The minimum absolute atomic E-state index is 0.315. The van der Waals surface area contributed by atoms with E-state index < -0.39 is 11.7 Å². The Morgan fingerprint density at radius 1 is 1.31 bits per heavy atom. The average Bonchev–Trinajstić information content (AvgIpc) is 2.43. The molecule has 1 aliphatic heterocycles. The van der Waals surface area contributed by atoms with Gasteiger partial charge in [-0.25, -0.2) is 0 Å². The summed E-state index contributed by atoms with van der Waals surface area (Å²) in [6, 6.07) is 4.99. The van der Waals surface area contributed by atoms with Crippen molar-refractivity contribution in [3.63, 3.8) is 0 Å². The standard InChI is InChI=1S/C10H5NO2/c1-2-6-4-3-5-7-8(6)9(12)10(13)11-7/h1,3-5H,(H,11,12,13). The molecule has 3 heteroatoms. The number of Topliss-reactive ketones (excluding diaryl/α,β-unsaturated/α-hetero) is 1. The minimum Gasteiger partial charge on any atom is -0.318 e. The van der Waals surface area contributed by atoms with E-state index in [4.69, 9.17) is 6.42 Å². The Balaban J connectivity index is 2.73. The largest absolute Gasteiger partial charge is 0.318 e. The summed E-state index contributed by atoms with van der Waals surface area (Å²) >= 11 is 0. The third-order valence-electron chi connectivity index (χ3n) is 1.90. The van der Waals surface area contributed by atoms with Crippen LogP contribution in [0.25, 0.3) is 0 Å². The number of hydrogen-bond acceptors (Lipinski definition) is 2. The van der Waals surface area contributed by atoms with Crippen LogP contribution in [0.2, 0.25) is 0 Å². The molecule has 0 saturated carbocycles. The van der Waals surface area contributed by atoms with Crippen LogP contribution in [0.15, 0.2) is 18.2 Å². The quantitative estimate of drug-likeness (QED) is 0.463. The van der Waals surface area contributed by atoms with E-state index in [0.29, 0.717) is 16.8 Å². The fourth-order valence-corrected chi connectivity index (χ4v) is 1.31.